The molecule has 6 nitrogen and oxygen atoms in total. The van der Waals surface area contributed by atoms with E-state index >= 15 is 0 Å². The molecule has 0 atom stereocenters. The molecule has 0 aliphatic carbocycles. The van der Waals surface area contributed by atoms with Crippen LogP contribution in [0.5, 0.6) is 5.75 Å². The van der Waals surface area contributed by atoms with Crippen LogP contribution in [0.4, 0.5) is 0 Å². The zero-order chi connectivity index (χ0) is 20.2. The highest BCUT2D eigenvalue weighted by atomic mass is 35.5. The van der Waals surface area contributed by atoms with E-state index in [-0.39, 0.29) is 24.9 Å². The average molecular weight is 430 g/mol. The molecule has 1 saturated heterocycles. The highest BCUT2D eigenvalue weighted by molar-refractivity contribution is 6.11. The molecular formula is C23H26ClN2O4-. The first kappa shape index (κ1) is 22.2. The Labute approximate surface area is 182 Å². The first-order chi connectivity index (χ1) is 14.2. The van der Waals surface area contributed by atoms with Crippen molar-refractivity contribution < 1.29 is 31.5 Å². The fraction of sp³-hybridized carbons (Fsp3) is 0.348. The molecule has 2 aromatic carbocycles. The van der Waals surface area contributed by atoms with Crippen LogP contribution in [0.25, 0.3) is 22.3 Å². The monoisotopic (exact) mass is 429 g/mol. The smallest absolute Gasteiger partial charge is 0.258 e. The Morgan fingerprint density at radius 2 is 1.83 bits per heavy atom. The number of benzene rings is 2. The molecule has 2 heterocycles. The van der Waals surface area contributed by atoms with Gasteiger partial charge in [-0.2, -0.15) is 0 Å². The maximum atomic E-state index is 13.6. The van der Waals surface area contributed by atoms with Crippen molar-refractivity contribution in [2.45, 2.75) is 6.92 Å². The van der Waals surface area contributed by atoms with Crippen LogP contribution in [-0.4, -0.2) is 66.8 Å². The van der Waals surface area contributed by atoms with E-state index in [0.717, 1.165) is 29.8 Å². The predicted octanol–water partition coefficient (Wildman–Crippen LogP) is 0.253. The van der Waals surface area contributed by atoms with Crippen LogP contribution >= 0.6 is 0 Å². The van der Waals surface area contributed by atoms with E-state index in [1.165, 1.54) is 0 Å². The summed E-state index contributed by atoms with van der Waals surface area (Å²) in [6.45, 7) is 6.05. The number of aliphatic hydroxyl groups excluding tert-OH is 1. The maximum absolute atomic E-state index is 13.6. The van der Waals surface area contributed by atoms with Gasteiger partial charge in [-0.1, -0.05) is 30.3 Å². The molecule has 4 rings (SSSR count). The molecule has 1 N–H and O–H groups in total. The second-order valence-corrected chi connectivity index (χ2v) is 7.12. The molecule has 3 aromatic rings. The minimum Gasteiger partial charge on any atom is -1.00 e. The Balaban J connectivity index is 0.00000256. The van der Waals surface area contributed by atoms with E-state index in [0.29, 0.717) is 43.1 Å². The van der Waals surface area contributed by atoms with E-state index < -0.39 is 0 Å². The minimum absolute atomic E-state index is 0. The van der Waals surface area contributed by atoms with Crippen molar-refractivity contribution in [3.63, 3.8) is 0 Å². The van der Waals surface area contributed by atoms with Crippen molar-refractivity contribution in [3.8, 4) is 17.1 Å². The highest BCUT2D eigenvalue weighted by Crippen LogP contribution is 2.36. The summed E-state index contributed by atoms with van der Waals surface area (Å²) in [6.07, 6.45) is 0. The van der Waals surface area contributed by atoms with Gasteiger partial charge >= 0.3 is 0 Å². The molecule has 7 heteroatoms. The first-order valence-electron chi connectivity index (χ1n) is 10.1. The van der Waals surface area contributed by atoms with Crippen molar-refractivity contribution >= 4 is 16.9 Å². The molecule has 1 fully saturated rings. The van der Waals surface area contributed by atoms with Crippen LogP contribution in [0.2, 0.25) is 0 Å². The van der Waals surface area contributed by atoms with Crippen molar-refractivity contribution in [3.05, 3.63) is 54.1 Å². The van der Waals surface area contributed by atoms with E-state index in [1.54, 1.807) is 0 Å². The van der Waals surface area contributed by atoms with E-state index in [4.69, 9.17) is 14.3 Å². The number of carbonyl (C=O) groups excluding carboxylic acids is 1. The topological polar surface area (TPSA) is 66.2 Å². The number of β-amino-alcohol motifs (C(OH)–C–C–N with tert-alkyl or cyclic N) is 1. The fourth-order valence-electron chi connectivity index (χ4n) is 3.81. The molecule has 0 saturated carbocycles. The number of hydrogen-bond acceptors (Lipinski definition) is 5. The van der Waals surface area contributed by atoms with Crippen LogP contribution in [0.15, 0.2) is 52.9 Å². The Kier molecular flexibility index (Phi) is 7.37. The second-order valence-electron chi connectivity index (χ2n) is 7.12. The average Bonchev–Trinajstić information content (AvgIpc) is 3.14. The zero-order valence-electron chi connectivity index (χ0n) is 17.0. The number of hydrogen-bond donors (Lipinski definition) is 1. The minimum atomic E-state index is -0.0279. The lowest BCUT2D eigenvalue weighted by Gasteiger charge is -2.34. The van der Waals surface area contributed by atoms with Gasteiger partial charge in [0.15, 0.2) is 0 Å². The summed E-state index contributed by atoms with van der Waals surface area (Å²) in [4.78, 5) is 17.6. The summed E-state index contributed by atoms with van der Waals surface area (Å²) in [6, 6.07) is 15.4. The Morgan fingerprint density at radius 1 is 1.10 bits per heavy atom. The first-order valence-corrected chi connectivity index (χ1v) is 10.1. The predicted molar refractivity (Wildman–Crippen MR) is 112 cm³/mol. The summed E-state index contributed by atoms with van der Waals surface area (Å²) in [5.41, 5.74) is 2.14. The summed E-state index contributed by atoms with van der Waals surface area (Å²) in [5.74, 6) is 1.29. The number of nitrogens with zero attached hydrogens (tertiary/aromatic N) is 2. The third-order valence-electron chi connectivity index (χ3n) is 5.30. The number of carbonyl (C=O) groups is 1. The molecular weight excluding hydrogens is 404 g/mol. The van der Waals surface area contributed by atoms with Crippen molar-refractivity contribution in [1.82, 2.24) is 9.80 Å². The largest absolute Gasteiger partial charge is 1.00 e. The lowest BCUT2D eigenvalue weighted by Crippen LogP contribution is -3.00. The molecule has 0 radical (unpaired) electrons. The van der Waals surface area contributed by atoms with Gasteiger partial charge in [-0.25, -0.2) is 0 Å². The van der Waals surface area contributed by atoms with E-state index in [9.17, 15) is 4.79 Å². The second kappa shape index (κ2) is 9.98. The van der Waals surface area contributed by atoms with Gasteiger partial charge < -0.3 is 31.6 Å². The number of rotatable bonds is 6. The summed E-state index contributed by atoms with van der Waals surface area (Å²) >= 11 is 0. The molecule has 0 bridgehead atoms. The number of furan rings is 1. The maximum Gasteiger partial charge on any atom is 0.258 e. The van der Waals surface area contributed by atoms with Gasteiger partial charge in [-0.3, -0.25) is 9.69 Å². The van der Waals surface area contributed by atoms with Crippen LogP contribution in [0, 0.1) is 0 Å². The number of ether oxygens (including phenoxy) is 1. The van der Waals surface area contributed by atoms with Gasteiger partial charge in [0.2, 0.25) is 0 Å². The molecule has 0 spiro atoms. The highest BCUT2D eigenvalue weighted by Gasteiger charge is 2.28. The van der Waals surface area contributed by atoms with Crippen molar-refractivity contribution in [2.75, 3.05) is 45.9 Å². The van der Waals surface area contributed by atoms with E-state index in [2.05, 4.69) is 4.90 Å². The third kappa shape index (κ3) is 4.46. The van der Waals surface area contributed by atoms with Gasteiger partial charge in [0, 0.05) is 43.7 Å². The SMILES string of the molecule is CCOc1ccc2oc(-c3ccccc3)c(C(=O)N3CCN(CCO)CC3)c2c1.[Cl-]. The normalized spacial score (nSPS) is 14.5. The van der Waals surface area contributed by atoms with Crippen molar-refractivity contribution in [1.29, 1.82) is 0 Å². The lowest BCUT2D eigenvalue weighted by atomic mass is 10.0. The van der Waals surface area contributed by atoms with E-state index in [1.807, 2.05) is 60.4 Å². The number of piperazine rings is 1. The molecule has 30 heavy (non-hydrogen) atoms. The zero-order valence-corrected chi connectivity index (χ0v) is 17.8. The third-order valence-corrected chi connectivity index (χ3v) is 5.30. The number of aliphatic hydroxyl groups is 1. The number of amides is 1. The summed E-state index contributed by atoms with van der Waals surface area (Å²) in [7, 11) is 0. The van der Waals surface area contributed by atoms with Crippen LogP contribution in [0.1, 0.15) is 17.3 Å². The quantitative estimate of drug-likeness (QED) is 0.608. The molecule has 1 aliphatic rings. The van der Waals surface area contributed by atoms with Gasteiger partial charge in [-0.15, -0.1) is 0 Å². The summed E-state index contributed by atoms with van der Waals surface area (Å²) in [5, 5.41) is 9.92. The van der Waals surface area contributed by atoms with Crippen molar-refractivity contribution in [2.24, 2.45) is 0 Å². The van der Waals surface area contributed by atoms with Crippen LogP contribution in [-0.2, 0) is 0 Å². The molecule has 1 amide bonds. The summed E-state index contributed by atoms with van der Waals surface area (Å²) < 4.78 is 11.8. The van der Waals surface area contributed by atoms with Crippen LogP contribution in [0.3, 0.4) is 0 Å². The van der Waals surface area contributed by atoms with Gasteiger partial charge in [0.25, 0.3) is 5.91 Å². The standard InChI is InChI=1S/C23H26N2O4.ClH/c1-2-28-18-8-9-20-19(16-18)21(22(29-20)17-6-4-3-5-7-17)23(27)25-12-10-24(11-13-25)14-15-26;/h3-9,16,26H,2,10-15H2,1H3;1H/p-1. The van der Waals surface area contributed by atoms with Gasteiger partial charge in [0.05, 0.1) is 18.8 Å². The molecule has 1 aromatic heterocycles. The lowest BCUT2D eigenvalue weighted by molar-refractivity contribution is -0.0000198. The van der Waals surface area contributed by atoms with Gasteiger partial charge in [0.1, 0.15) is 17.1 Å². The molecule has 0 unspecified atom stereocenters. The Bertz CT molecular complexity index is 982. The molecule has 1 aliphatic heterocycles. The molecule has 160 valence electrons. The number of halogens is 1. The Hall–Kier alpha value is -2.54. The Morgan fingerprint density at radius 3 is 2.50 bits per heavy atom. The number of fused-ring (bicyclic) bond motifs is 1. The van der Waals surface area contributed by atoms with Gasteiger partial charge in [-0.05, 0) is 25.1 Å². The van der Waals surface area contributed by atoms with Crippen LogP contribution < -0.4 is 17.1 Å². The fourth-order valence-corrected chi connectivity index (χ4v) is 3.81.